The number of halogens is 3. The summed E-state index contributed by atoms with van der Waals surface area (Å²) in [6.07, 6.45) is 0.444. The molecule has 3 fully saturated rings. The highest BCUT2D eigenvalue weighted by atomic mass is 19.4. The van der Waals surface area contributed by atoms with Gasteiger partial charge in [-0.05, 0) is 86.8 Å². The van der Waals surface area contributed by atoms with Gasteiger partial charge >= 0.3 is 12.3 Å². The van der Waals surface area contributed by atoms with Crippen molar-refractivity contribution in [2.24, 2.45) is 29.1 Å². The highest BCUT2D eigenvalue weighted by molar-refractivity contribution is 5.92. The number of hydrogen-bond donors (Lipinski definition) is 1. The van der Waals surface area contributed by atoms with Crippen LogP contribution in [0.2, 0.25) is 0 Å². The number of rotatable bonds is 2. The van der Waals surface area contributed by atoms with E-state index < -0.39 is 53.3 Å². The number of nitrogens with one attached hydrogen (secondary N) is 1. The van der Waals surface area contributed by atoms with Crippen molar-refractivity contribution >= 4 is 28.8 Å². The van der Waals surface area contributed by atoms with E-state index in [0.717, 1.165) is 50.7 Å². The molecule has 2 bridgehead atoms. The number of hydrogen-bond acceptors (Lipinski definition) is 7. The summed E-state index contributed by atoms with van der Waals surface area (Å²) < 4.78 is 53.3. The minimum atomic E-state index is -4.55. The maximum atomic E-state index is 14.3. The summed E-state index contributed by atoms with van der Waals surface area (Å²) >= 11 is 0. The first-order valence-electron chi connectivity index (χ1n) is 17.0. The van der Waals surface area contributed by atoms with Crippen LogP contribution in [-0.2, 0) is 26.9 Å². The molecule has 1 aromatic carbocycles. The molecule has 9 nitrogen and oxygen atoms in total. The summed E-state index contributed by atoms with van der Waals surface area (Å²) in [5.41, 5.74) is -0.592. The standard InChI is InChI=1S/C35H45F3N4O5/c1-6-21-28-17-42(29(21)18(2)43)32(44)30(34(3,4)5)41-33(45)47-27-15-19-14-23(19)22(27)10-8-7-9-11-25-31(46-28)40-26-16-20(35(36,37)38)12-13-24(26)39-25/h12-13,16,19,21-23,27-30H,6-11,14-15,17H2,1-5H3,(H,41,45)/t19?,21-,22-,23?,27-,28+,29-,30-/m1/s1. The van der Waals surface area contributed by atoms with Crippen molar-refractivity contribution in [2.45, 2.75) is 116 Å². The Morgan fingerprint density at radius 2 is 1.77 bits per heavy atom. The van der Waals surface area contributed by atoms with E-state index >= 15 is 0 Å². The highest BCUT2D eigenvalue weighted by Gasteiger charge is 2.55. The number of aromatic nitrogens is 2. The molecular formula is C35H45F3N4O5. The van der Waals surface area contributed by atoms with E-state index in [0.29, 0.717) is 35.9 Å². The average molecular weight is 659 g/mol. The molecule has 1 N–H and O–H groups in total. The molecule has 47 heavy (non-hydrogen) atoms. The largest absolute Gasteiger partial charge is 0.471 e. The molecule has 2 aromatic rings. The van der Waals surface area contributed by atoms with Crippen LogP contribution in [0.15, 0.2) is 18.2 Å². The second-order valence-corrected chi connectivity index (χ2v) is 15.0. The van der Waals surface area contributed by atoms with Gasteiger partial charge in [-0.15, -0.1) is 0 Å². The van der Waals surface area contributed by atoms with Gasteiger partial charge in [0.1, 0.15) is 23.9 Å². The van der Waals surface area contributed by atoms with E-state index in [-0.39, 0.29) is 35.7 Å². The third-order valence-corrected chi connectivity index (χ3v) is 10.7. The Bertz CT molecular complexity index is 1540. The first-order chi connectivity index (χ1) is 22.2. The zero-order valence-electron chi connectivity index (χ0n) is 27.7. The Labute approximate surface area is 273 Å². The van der Waals surface area contributed by atoms with Crippen molar-refractivity contribution in [1.29, 1.82) is 0 Å². The van der Waals surface area contributed by atoms with Gasteiger partial charge in [0.2, 0.25) is 11.8 Å². The Morgan fingerprint density at radius 3 is 2.45 bits per heavy atom. The van der Waals surface area contributed by atoms with Gasteiger partial charge in [0, 0.05) is 5.92 Å². The number of Topliss-reactive ketones (excluding diaryl/α,β-unsaturated/α-hetero) is 1. The lowest BCUT2D eigenvalue weighted by atomic mass is 9.85. The van der Waals surface area contributed by atoms with Crippen LogP contribution in [0.4, 0.5) is 18.0 Å². The number of nitrogens with zero attached hydrogens (tertiary/aromatic N) is 3. The van der Waals surface area contributed by atoms with Crippen molar-refractivity contribution in [3.63, 3.8) is 0 Å². The number of alkyl halides is 3. The van der Waals surface area contributed by atoms with E-state index in [9.17, 15) is 27.6 Å². The van der Waals surface area contributed by atoms with Crippen LogP contribution in [-0.4, -0.2) is 63.5 Å². The second kappa shape index (κ2) is 12.5. The number of carbonyl (C=O) groups excluding carboxylic acids is 3. The van der Waals surface area contributed by atoms with Crippen LogP contribution >= 0.6 is 0 Å². The van der Waals surface area contributed by atoms with Gasteiger partial charge in [-0.2, -0.15) is 13.2 Å². The fourth-order valence-corrected chi connectivity index (χ4v) is 8.19. The summed E-state index contributed by atoms with van der Waals surface area (Å²) in [6.45, 7) is 8.94. The van der Waals surface area contributed by atoms with E-state index in [1.54, 1.807) is 0 Å². The molecule has 8 atom stereocenters. The smallest absolute Gasteiger partial charge is 0.416 e. The fraction of sp³-hybridized carbons (Fsp3) is 0.686. The minimum Gasteiger partial charge on any atom is -0.471 e. The normalized spacial score (nSPS) is 31.9. The van der Waals surface area contributed by atoms with Gasteiger partial charge in [-0.3, -0.25) is 9.59 Å². The number of aryl methyl sites for hydroxylation is 1. The maximum absolute atomic E-state index is 14.3. The summed E-state index contributed by atoms with van der Waals surface area (Å²) in [4.78, 5) is 51.6. The number of benzene rings is 1. The van der Waals surface area contributed by atoms with Crippen LogP contribution < -0.4 is 10.1 Å². The van der Waals surface area contributed by atoms with E-state index in [1.807, 2.05) is 27.7 Å². The van der Waals surface area contributed by atoms with E-state index in [4.69, 9.17) is 14.5 Å². The third-order valence-electron chi connectivity index (χ3n) is 10.7. The first-order valence-corrected chi connectivity index (χ1v) is 17.0. The van der Waals surface area contributed by atoms with Crippen molar-refractivity contribution < 1.29 is 37.0 Å². The molecule has 3 heterocycles. The molecule has 1 aromatic heterocycles. The van der Waals surface area contributed by atoms with Crippen molar-refractivity contribution in [1.82, 2.24) is 20.2 Å². The number of alkyl carbamates (subject to hydrolysis) is 1. The minimum absolute atomic E-state index is 0.0424. The third kappa shape index (κ3) is 6.79. The zero-order valence-corrected chi connectivity index (χ0v) is 27.7. The Hall–Kier alpha value is -3.44. The first kappa shape index (κ1) is 33.5. The number of amides is 2. The van der Waals surface area contributed by atoms with Crippen molar-refractivity contribution in [3.8, 4) is 5.88 Å². The number of ketones is 1. The molecule has 4 aliphatic rings. The molecule has 0 spiro atoms. The molecule has 2 unspecified atom stereocenters. The Morgan fingerprint density at radius 1 is 1.00 bits per heavy atom. The van der Waals surface area contributed by atoms with Crippen LogP contribution in [0.3, 0.4) is 0 Å². The van der Waals surface area contributed by atoms with Gasteiger partial charge in [-0.25, -0.2) is 14.8 Å². The lowest BCUT2D eigenvalue weighted by Gasteiger charge is -2.36. The van der Waals surface area contributed by atoms with Gasteiger partial charge in [0.05, 0.1) is 29.2 Å². The molecule has 2 amide bonds. The highest BCUT2D eigenvalue weighted by Crippen LogP contribution is 2.57. The van der Waals surface area contributed by atoms with Crippen molar-refractivity contribution in [3.05, 3.63) is 29.5 Å². The Kier molecular flexibility index (Phi) is 8.93. The number of fused-ring (bicyclic) bond motifs is 7. The average Bonchev–Trinajstić information content (AvgIpc) is 3.52. The van der Waals surface area contributed by atoms with E-state index in [2.05, 4.69) is 10.3 Å². The second-order valence-electron chi connectivity index (χ2n) is 15.0. The summed E-state index contributed by atoms with van der Waals surface area (Å²) in [5.74, 6) is 0.474. The van der Waals surface area contributed by atoms with Gasteiger partial charge in [-0.1, -0.05) is 40.5 Å². The molecule has 0 radical (unpaired) electrons. The Balaban J connectivity index is 1.39. The van der Waals surface area contributed by atoms with Gasteiger partial charge in [0.25, 0.3) is 0 Å². The molecular weight excluding hydrogens is 613 g/mol. The predicted octanol–water partition coefficient (Wildman–Crippen LogP) is 6.50. The quantitative estimate of drug-likeness (QED) is 0.392. The molecule has 2 aliphatic carbocycles. The number of carbonyl (C=O) groups is 3. The molecule has 2 aliphatic heterocycles. The lowest BCUT2D eigenvalue weighted by molar-refractivity contribution is -0.141. The number of ether oxygens (including phenoxy) is 2. The molecule has 12 heteroatoms. The van der Waals surface area contributed by atoms with Gasteiger partial charge < -0.3 is 19.7 Å². The zero-order chi connectivity index (χ0) is 33.8. The molecule has 1 saturated heterocycles. The van der Waals surface area contributed by atoms with Crippen LogP contribution in [0.1, 0.15) is 90.8 Å². The molecule has 6 rings (SSSR count). The SMILES string of the molecule is CC[C@@H]1[C@@H]2CN(C(=O)[C@H](C(C)(C)C)NC(=O)O[C@@H]3CC4CC4[C@H]3CCCCCc3nc4ccc(C(F)(F)F)cc4nc3O2)[C@@H]1C(C)=O. The maximum Gasteiger partial charge on any atom is 0.416 e. The van der Waals surface area contributed by atoms with E-state index in [1.165, 1.54) is 17.9 Å². The molecule has 256 valence electrons. The van der Waals surface area contributed by atoms with Crippen LogP contribution in [0.5, 0.6) is 5.88 Å². The lowest BCUT2D eigenvalue weighted by Crippen LogP contribution is -2.57. The fourth-order valence-electron chi connectivity index (χ4n) is 8.19. The monoisotopic (exact) mass is 658 g/mol. The topological polar surface area (TPSA) is 111 Å². The molecule has 2 saturated carbocycles. The summed E-state index contributed by atoms with van der Waals surface area (Å²) in [5, 5.41) is 2.86. The van der Waals surface area contributed by atoms with Crippen LogP contribution in [0, 0.1) is 29.1 Å². The van der Waals surface area contributed by atoms with Crippen molar-refractivity contribution in [2.75, 3.05) is 6.54 Å². The van der Waals surface area contributed by atoms with Crippen LogP contribution in [0.25, 0.3) is 11.0 Å². The predicted molar refractivity (Wildman–Crippen MR) is 167 cm³/mol. The summed E-state index contributed by atoms with van der Waals surface area (Å²) in [6, 6.07) is 1.52. The van der Waals surface area contributed by atoms with Gasteiger partial charge in [0.15, 0.2) is 5.78 Å². The summed E-state index contributed by atoms with van der Waals surface area (Å²) in [7, 11) is 0.